The second kappa shape index (κ2) is 5.19. The van der Waals surface area contributed by atoms with E-state index in [-0.39, 0.29) is 6.01 Å². The normalized spacial score (nSPS) is 12.1. The van der Waals surface area contributed by atoms with Crippen LogP contribution in [0.4, 0.5) is 0 Å². The third-order valence-corrected chi connectivity index (χ3v) is 3.29. The first-order valence-electron chi connectivity index (χ1n) is 5.81. The molecule has 0 amide bonds. The highest BCUT2D eigenvalue weighted by molar-refractivity contribution is 6.70. The van der Waals surface area contributed by atoms with Crippen LogP contribution in [0.1, 0.15) is 10.4 Å². The number of hydrogen-bond donors (Lipinski definition) is 0. The van der Waals surface area contributed by atoms with Crippen molar-refractivity contribution in [3.63, 3.8) is 0 Å². The van der Waals surface area contributed by atoms with E-state index in [0.717, 1.165) is 0 Å². The molecule has 0 bridgehead atoms. The van der Waals surface area contributed by atoms with E-state index in [2.05, 4.69) is 9.97 Å². The zero-order valence-electron chi connectivity index (χ0n) is 11.8. The minimum atomic E-state index is -1.82. The minimum absolute atomic E-state index is 0.285. The Morgan fingerprint density at radius 2 is 1.61 bits per heavy atom. The van der Waals surface area contributed by atoms with Gasteiger partial charge in [0.15, 0.2) is 6.29 Å². The molecule has 0 aliphatic carbocycles. The Hall–Kier alpha value is -1.22. The third kappa shape index (κ3) is 4.97. The van der Waals surface area contributed by atoms with Gasteiger partial charge in [-0.05, 0) is 39.3 Å². The molecule has 1 aromatic rings. The fraction of sp³-hybridized carbons (Fsp3) is 0.545. The van der Waals surface area contributed by atoms with Crippen LogP contribution in [-0.4, -0.2) is 32.9 Å². The van der Waals surface area contributed by atoms with E-state index in [4.69, 9.17) is 8.85 Å². The van der Waals surface area contributed by atoms with Gasteiger partial charge in [0, 0.05) is 6.20 Å². The fourth-order valence-corrected chi connectivity index (χ4v) is 2.53. The summed E-state index contributed by atoms with van der Waals surface area (Å²) in [5.41, 5.74) is 0.361. The SMILES string of the molecule is C[Si](C)(C)Oc1ncc(C=O)c(O[Si](C)(C)C)n1. The van der Waals surface area contributed by atoms with Crippen molar-refractivity contribution in [1.82, 2.24) is 9.97 Å². The Balaban J connectivity index is 3.06. The third-order valence-electron chi connectivity index (χ3n) is 1.69. The molecule has 0 unspecified atom stereocenters. The summed E-state index contributed by atoms with van der Waals surface area (Å²) in [6.45, 7) is 12.2. The van der Waals surface area contributed by atoms with E-state index in [9.17, 15) is 4.79 Å². The lowest BCUT2D eigenvalue weighted by molar-refractivity contribution is 0.112. The molecule has 0 saturated heterocycles. The minimum Gasteiger partial charge on any atom is -0.531 e. The maximum absolute atomic E-state index is 10.9. The van der Waals surface area contributed by atoms with E-state index in [0.29, 0.717) is 17.7 Å². The first-order valence-corrected chi connectivity index (χ1v) is 12.6. The fourth-order valence-electron chi connectivity index (χ4n) is 1.14. The quantitative estimate of drug-likeness (QED) is 0.614. The molecule has 1 heterocycles. The predicted molar refractivity (Wildman–Crippen MR) is 75.4 cm³/mol. The first-order chi connectivity index (χ1) is 8.11. The van der Waals surface area contributed by atoms with Crippen LogP contribution in [0.5, 0.6) is 11.9 Å². The molecule has 0 aliphatic heterocycles. The van der Waals surface area contributed by atoms with E-state index >= 15 is 0 Å². The highest BCUT2D eigenvalue weighted by atomic mass is 28.4. The standard InChI is InChI=1S/C11H20N2O3Si2/c1-17(2,3)15-10-9(8-14)7-12-11(13-10)16-18(4,5)6/h7-8H,1-6H3. The van der Waals surface area contributed by atoms with Crippen LogP contribution in [0.15, 0.2) is 6.20 Å². The van der Waals surface area contributed by atoms with Gasteiger partial charge in [0.1, 0.15) is 0 Å². The summed E-state index contributed by atoms with van der Waals surface area (Å²) >= 11 is 0. The number of hydrogen-bond acceptors (Lipinski definition) is 5. The number of aldehydes is 1. The molecule has 1 rings (SSSR count). The van der Waals surface area contributed by atoms with Gasteiger partial charge in [-0.1, -0.05) is 0 Å². The van der Waals surface area contributed by atoms with Crippen LogP contribution in [0.25, 0.3) is 0 Å². The monoisotopic (exact) mass is 284 g/mol. The molecule has 0 fully saturated rings. The number of carbonyl (C=O) groups excluding carboxylic acids is 1. The lowest BCUT2D eigenvalue weighted by Gasteiger charge is -2.21. The van der Waals surface area contributed by atoms with Crippen LogP contribution in [0, 0.1) is 0 Å². The summed E-state index contributed by atoms with van der Waals surface area (Å²) in [6, 6.07) is 0.285. The smallest absolute Gasteiger partial charge is 0.305 e. The van der Waals surface area contributed by atoms with Crippen molar-refractivity contribution in [3.8, 4) is 11.9 Å². The lowest BCUT2D eigenvalue weighted by atomic mass is 10.4. The number of carbonyl (C=O) groups is 1. The van der Waals surface area contributed by atoms with Crippen molar-refractivity contribution < 1.29 is 13.6 Å². The van der Waals surface area contributed by atoms with Gasteiger partial charge in [-0.3, -0.25) is 4.79 Å². The van der Waals surface area contributed by atoms with Gasteiger partial charge < -0.3 is 8.85 Å². The second-order valence-electron chi connectivity index (χ2n) is 5.96. The molecule has 0 spiro atoms. The lowest BCUT2D eigenvalue weighted by Crippen LogP contribution is -2.32. The van der Waals surface area contributed by atoms with Crippen molar-refractivity contribution in [2.45, 2.75) is 39.3 Å². The number of rotatable bonds is 5. The molecule has 0 N–H and O–H groups in total. The zero-order valence-corrected chi connectivity index (χ0v) is 13.8. The Bertz CT molecular complexity index is 439. The Morgan fingerprint density at radius 3 is 2.06 bits per heavy atom. The molecule has 7 heteroatoms. The molecule has 0 radical (unpaired) electrons. The summed E-state index contributed by atoms with van der Waals surface area (Å²) in [5.74, 6) is 0.326. The average Bonchev–Trinajstić information content (AvgIpc) is 2.12. The van der Waals surface area contributed by atoms with E-state index < -0.39 is 16.6 Å². The number of aromatic nitrogens is 2. The van der Waals surface area contributed by atoms with Gasteiger partial charge in [-0.25, -0.2) is 4.98 Å². The topological polar surface area (TPSA) is 61.3 Å². The Morgan fingerprint density at radius 1 is 1.06 bits per heavy atom. The van der Waals surface area contributed by atoms with Crippen LogP contribution in [-0.2, 0) is 0 Å². The van der Waals surface area contributed by atoms with E-state index in [1.54, 1.807) is 0 Å². The molecule has 18 heavy (non-hydrogen) atoms. The molecule has 1 aromatic heterocycles. The number of nitrogens with zero attached hydrogens (tertiary/aromatic N) is 2. The molecule has 0 aliphatic rings. The predicted octanol–water partition coefficient (Wildman–Crippen LogP) is 2.72. The highest BCUT2D eigenvalue weighted by Crippen LogP contribution is 2.21. The van der Waals surface area contributed by atoms with Crippen LogP contribution < -0.4 is 8.85 Å². The molecule has 0 saturated carbocycles. The molecular weight excluding hydrogens is 264 g/mol. The second-order valence-corrected chi connectivity index (χ2v) is 14.8. The summed E-state index contributed by atoms with van der Waals surface area (Å²) in [7, 11) is -3.59. The molecule has 0 aromatic carbocycles. The van der Waals surface area contributed by atoms with Crippen molar-refractivity contribution in [1.29, 1.82) is 0 Å². The van der Waals surface area contributed by atoms with E-state index in [1.807, 2.05) is 39.3 Å². The van der Waals surface area contributed by atoms with E-state index in [1.165, 1.54) is 6.20 Å². The Kier molecular flexibility index (Phi) is 4.28. The Labute approximate surface area is 110 Å². The molecule has 5 nitrogen and oxygen atoms in total. The summed E-state index contributed by atoms with van der Waals surface area (Å²) in [6.07, 6.45) is 2.15. The van der Waals surface area contributed by atoms with Crippen molar-refractivity contribution >= 4 is 22.9 Å². The molecular formula is C11H20N2O3Si2. The van der Waals surface area contributed by atoms with Crippen molar-refractivity contribution in [3.05, 3.63) is 11.8 Å². The maximum Gasteiger partial charge on any atom is 0.305 e. The van der Waals surface area contributed by atoms with Crippen LogP contribution in [0.2, 0.25) is 39.3 Å². The molecule has 100 valence electrons. The van der Waals surface area contributed by atoms with Gasteiger partial charge in [0.05, 0.1) is 5.56 Å². The van der Waals surface area contributed by atoms with Crippen LogP contribution >= 0.6 is 0 Å². The maximum atomic E-state index is 10.9. The van der Waals surface area contributed by atoms with Gasteiger partial charge in [0.25, 0.3) is 0 Å². The van der Waals surface area contributed by atoms with Crippen molar-refractivity contribution in [2.24, 2.45) is 0 Å². The first kappa shape index (κ1) is 14.8. The summed E-state index contributed by atoms with van der Waals surface area (Å²) in [5, 5.41) is 0. The van der Waals surface area contributed by atoms with Gasteiger partial charge >= 0.3 is 6.01 Å². The summed E-state index contributed by atoms with van der Waals surface area (Å²) < 4.78 is 11.5. The van der Waals surface area contributed by atoms with Crippen molar-refractivity contribution in [2.75, 3.05) is 0 Å². The zero-order chi connectivity index (χ0) is 14.0. The van der Waals surface area contributed by atoms with Gasteiger partial charge in [0.2, 0.25) is 22.5 Å². The van der Waals surface area contributed by atoms with Gasteiger partial charge in [-0.2, -0.15) is 4.98 Å². The largest absolute Gasteiger partial charge is 0.531 e. The van der Waals surface area contributed by atoms with Crippen LogP contribution in [0.3, 0.4) is 0 Å². The average molecular weight is 284 g/mol. The highest BCUT2D eigenvalue weighted by Gasteiger charge is 2.22. The summed E-state index contributed by atoms with van der Waals surface area (Å²) in [4.78, 5) is 19.2. The van der Waals surface area contributed by atoms with Gasteiger partial charge in [-0.15, -0.1) is 0 Å². The molecule has 0 atom stereocenters.